The Labute approximate surface area is 53.6 Å². The van der Waals surface area contributed by atoms with Crippen LogP contribution in [-0.4, -0.2) is 20.5 Å². The van der Waals surface area contributed by atoms with Crippen LogP contribution in [0.15, 0.2) is 0 Å². The first-order chi connectivity index (χ1) is 3.99. The highest BCUT2D eigenvalue weighted by molar-refractivity contribution is 7.87. The van der Waals surface area contributed by atoms with Crippen LogP contribution < -0.4 is 15.6 Å². The maximum Gasteiger partial charge on any atom is 0.274 e. The minimum Gasteiger partial charge on any atom is -0.326 e. The van der Waals surface area contributed by atoms with Gasteiger partial charge in [0, 0.05) is 12.1 Å². The van der Waals surface area contributed by atoms with E-state index in [9.17, 15) is 8.42 Å². The van der Waals surface area contributed by atoms with Crippen LogP contribution in [-0.2, 0) is 10.2 Å². The van der Waals surface area contributed by atoms with Gasteiger partial charge < -0.3 is 5.73 Å². The Hall–Kier alpha value is -0.170. The van der Waals surface area contributed by atoms with Crippen molar-refractivity contribution in [1.29, 1.82) is 0 Å². The molecule has 2 atom stereocenters. The molecule has 0 aliphatic heterocycles. The molecule has 0 bridgehead atoms. The molecule has 1 saturated carbocycles. The number of rotatable bonds is 2. The first-order valence-corrected chi connectivity index (χ1v) is 4.09. The van der Waals surface area contributed by atoms with E-state index in [1.165, 1.54) is 0 Å². The summed E-state index contributed by atoms with van der Waals surface area (Å²) in [6.45, 7) is 0. The Bertz CT molecular complexity index is 199. The monoisotopic (exact) mass is 151 g/mol. The highest BCUT2D eigenvalue weighted by Gasteiger charge is 2.35. The van der Waals surface area contributed by atoms with Gasteiger partial charge in [0.25, 0.3) is 10.2 Å². The van der Waals surface area contributed by atoms with E-state index in [4.69, 9.17) is 5.73 Å². The summed E-state index contributed by atoms with van der Waals surface area (Å²) in [7, 11) is -3.52. The van der Waals surface area contributed by atoms with Crippen LogP contribution in [0.2, 0.25) is 0 Å². The van der Waals surface area contributed by atoms with Crippen molar-refractivity contribution in [2.75, 3.05) is 0 Å². The summed E-state index contributed by atoms with van der Waals surface area (Å²) >= 11 is 0. The van der Waals surface area contributed by atoms with Crippen molar-refractivity contribution in [3.63, 3.8) is 0 Å². The molecule has 0 aromatic rings. The predicted octanol–water partition coefficient (Wildman–Crippen LogP) is -2.12. The van der Waals surface area contributed by atoms with Crippen molar-refractivity contribution in [1.82, 2.24) is 4.72 Å². The molecule has 0 aromatic carbocycles. The number of hydrogen-bond donors (Lipinski definition) is 3. The fourth-order valence-corrected chi connectivity index (χ4v) is 1.25. The maximum absolute atomic E-state index is 10.2. The predicted molar refractivity (Wildman–Crippen MR) is 32.6 cm³/mol. The summed E-state index contributed by atoms with van der Waals surface area (Å²) < 4.78 is 22.6. The third-order valence-electron chi connectivity index (χ3n) is 1.16. The van der Waals surface area contributed by atoms with Crippen molar-refractivity contribution in [2.24, 2.45) is 10.9 Å². The van der Waals surface area contributed by atoms with Crippen molar-refractivity contribution in [3.05, 3.63) is 0 Å². The second kappa shape index (κ2) is 1.91. The Kier molecular flexibility index (Phi) is 1.47. The lowest BCUT2D eigenvalue weighted by atomic mass is 10.7. The Morgan fingerprint density at radius 1 is 1.56 bits per heavy atom. The van der Waals surface area contributed by atoms with Crippen LogP contribution in [0.25, 0.3) is 0 Å². The SMILES string of the molecule is NC1CC1NS(N)(=O)=O. The van der Waals surface area contributed by atoms with E-state index in [2.05, 4.69) is 9.86 Å². The van der Waals surface area contributed by atoms with Gasteiger partial charge in [0.1, 0.15) is 0 Å². The molecule has 6 heteroatoms. The molecule has 0 spiro atoms. The second-order valence-electron chi connectivity index (χ2n) is 2.17. The minimum atomic E-state index is -3.52. The zero-order valence-corrected chi connectivity index (χ0v) is 5.56. The van der Waals surface area contributed by atoms with Crippen LogP contribution in [0.4, 0.5) is 0 Å². The second-order valence-corrected chi connectivity index (χ2v) is 3.49. The lowest BCUT2D eigenvalue weighted by Crippen LogP contribution is -2.35. The molecule has 5 N–H and O–H groups in total. The van der Waals surface area contributed by atoms with Crippen molar-refractivity contribution in [2.45, 2.75) is 18.5 Å². The largest absolute Gasteiger partial charge is 0.326 e. The summed E-state index contributed by atoms with van der Waals surface area (Å²) in [5.74, 6) is 0. The number of hydrogen-bond acceptors (Lipinski definition) is 3. The molecular weight excluding hydrogens is 142 g/mol. The van der Waals surface area contributed by atoms with Gasteiger partial charge in [-0.25, -0.2) is 5.14 Å². The molecule has 9 heavy (non-hydrogen) atoms. The third-order valence-corrected chi connectivity index (χ3v) is 1.79. The van der Waals surface area contributed by atoms with E-state index in [0.29, 0.717) is 6.42 Å². The molecule has 0 aromatic heterocycles. The highest BCUT2D eigenvalue weighted by Crippen LogP contribution is 2.17. The summed E-state index contributed by atoms with van der Waals surface area (Å²) in [4.78, 5) is 0. The summed E-state index contributed by atoms with van der Waals surface area (Å²) in [5, 5.41) is 4.64. The smallest absolute Gasteiger partial charge is 0.274 e. The first kappa shape index (κ1) is 6.94. The molecule has 54 valence electrons. The van der Waals surface area contributed by atoms with Crippen LogP contribution in [0, 0.1) is 0 Å². The molecule has 1 fully saturated rings. The van der Waals surface area contributed by atoms with Crippen LogP contribution in [0.5, 0.6) is 0 Å². The normalized spacial score (nSPS) is 34.4. The van der Waals surface area contributed by atoms with Gasteiger partial charge in [-0.05, 0) is 6.42 Å². The zero-order valence-electron chi connectivity index (χ0n) is 4.74. The van der Waals surface area contributed by atoms with Gasteiger partial charge in [-0.15, -0.1) is 0 Å². The third kappa shape index (κ3) is 2.27. The van der Waals surface area contributed by atoms with Crippen molar-refractivity contribution >= 4 is 10.2 Å². The molecule has 0 radical (unpaired) electrons. The van der Waals surface area contributed by atoms with Gasteiger partial charge in [-0.1, -0.05) is 0 Å². The van der Waals surface area contributed by atoms with Gasteiger partial charge in [0.15, 0.2) is 0 Å². The first-order valence-electron chi connectivity index (χ1n) is 2.54. The molecule has 0 amide bonds. The van der Waals surface area contributed by atoms with Gasteiger partial charge in [-0.3, -0.25) is 0 Å². The molecule has 0 heterocycles. The maximum atomic E-state index is 10.2. The fourth-order valence-electron chi connectivity index (χ4n) is 0.561. The Morgan fingerprint density at radius 3 is 2.11 bits per heavy atom. The molecule has 1 rings (SSSR count). The Balaban J connectivity index is 2.37. The number of nitrogens with two attached hydrogens (primary N) is 2. The summed E-state index contributed by atoms with van der Waals surface area (Å²) in [5.41, 5.74) is 5.29. The molecule has 2 unspecified atom stereocenters. The molecule has 1 aliphatic rings. The van der Waals surface area contributed by atoms with E-state index >= 15 is 0 Å². The van der Waals surface area contributed by atoms with Crippen molar-refractivity contribution in [3.8, 4) is 0 Å². The minimum absolute atomic E-state index is 0.0386. The van der Waals surface area contributed by atoms with Gasteiger partial charge in [0.05, 0.1) is 0 Å². The highest BCUT2D eigenvalue weighted by atomic mass is 32.2. The average molecular weight is 151 g/mol. The van der Waals surface area contributed by atoms with E-state index < -0.39 is 10.2 Å². The molecule has 0 saturated heterocycles. The van der Waals surface area contributed by atoms with Gasteiger partial charge in [0.2, 0.25) is 0 Å². The van der Waals surface area contributed by atoms with Gasteiger partial charge in [-0.2, -0.15) is 13.1 Å². The molecular formula is C3H9N3O2S. The van der Waals surface area contributed by atoms with Crippen molar-refractivity contribution < 1.29 is 8.42 Å². The standard InChI is InChI=1S/C3H9N3O2S/c4-2-1-3(2)6-9(5,7)8/h2-3,6H,1,4H2,(H2,5,7,8). The van der Waals surface area contributed by atoms with E-state index in [0.717, 1.165) is 0 Å². The number of nitrogens with one attached hydrogen (secondary N) is 1. The lowest BCUT2D eigenvalue weighted by molar-refractivity contribution is 0.581. The molecule has 5 nitrogen and oxygen atoms in total. The average Bonchev–Trinajstić information content (AvgIpc) is 2.13. The summed E-state index contributed by atoms with van der Waals surface area (Å²) in [6, 6.07) is -0.164. The van der Waals surface area contributed by atoms with E-state index in [1.807, 2.05) is 0 Å². The van der Waals surface area contributed by atoms with Crippen LogP contribution in [0.1, 0.15) is 6.42 Å². The van der Waals surface area contributed by atoms with E-state index in [-0.39, 0.29) is 12.1 Å². The Morgan fingerprint density at radius 2 is 2.00 bits per heavy atom. The fraction of sp³-hybridized carbons (Fsp3) is 1.00. The van der Waals surface area contributed by atoms with Crippen LogP contribution in [0.3, 0.4) is 0 Å². The topological polar surface area (TPSA) is 98.2 Å². The zero-order chi connectivity index (χ0) is 7.07. The van der Waals surface area contributed by atoms with Crippen LogP contribution >= 0.6 is 0 Å². The summed E-state index contributed by atoms with van der Waals surface area (Å²) in [6.07, 6.45) is 0.691. The van der Waals surface area contributed by atoms with E-state index in [1.54, 1.807) is 0 Å². The molecule has 1 aliphatic carbocycles. The quantitative estimate of drug-likeness (QED) is 0.421. The van der Waals surface area contributed by atoms with Gasteiger partial charge >= 0.3 is 0 Å². The lowest BCUT2D eigenvalue weighted by Gasteiger charge is -1.95.